The zero-order valence-corrected chi connectivity index (χ0v) is 11.2. The number of methoxy groups -OCH3 is 1. The molecule has 0 amide bonds. The van der Waals surface area contributed by atoms with Gasteiger partial charge in [-0.05, 0) is 30.0 Å². The lowest BCUT2D eigenvalue weighted by Gasteiger charge is -2.19. The zero-order valence-electron chi connectivity index (χ0n) is 11.2. The highest BCUT2D eigenvalue weighted by Crippen LogP contribution is 2.19. The van der Waals surface area contributed by atoms with Gasteiger partial charge in [-0.2, -0.15) is 0 Å². The first-order valence-electron chi connectivity index (χ1n) is 6.22. The molecular formula is C14H22FNO2. The average Bonchev–Trinajstić information content (AvgIpc) is 2.34. The van der Waals surface area contributed by atoms with E-state index in [0.29, 0.717) is 24.8 Å². The highest BCUT2D eigenvalue weighted by atomic mass is 19.1. The summed E-state index contributed by atoms with van der Waals surface area (Å²) in [6.07, 6.45) is 0. The second kappa shape index (κ2) is 7.34. The fourth-order valence-corrected chi connectivity index (χ4v) is 1.79. The Morgan fingerprint density at radius 3 is 2.67 bits per heavy atom. The van der Waals surface area contributed by atoms with Crippen LogP contribution in [0, 0.1) is 17.7 Å². The van der Waals surface area contributed by atoms with Crippen LogP contribution in [-0.4, -0.2) is 25.4 Å². The Labute approximate surface area is 108 Å². The summed E-state index contributed by atoms with van der Waals surface area (Å²) in [5.41, 5.74) is 0.790. The lowest BCUT2D eigenvalue weighted by Crippen LogP contribution is -2.28. The summed E-state index contributed by atoms with van der Waals surface area (Å²) in [5.74, 6) is 1.03. The molecule has 0 spiro atoms. The molecule has 1 aromatic rings. The van der Waals surface area contributed by atoms with Crippen LogP contribution in [0.3, 0.4) is 0 Å². The van der Waals surface area contributed by atoms with Crippen LogP contribution in [0.1, 0.15) is 19.4 Å². The number of hydrogen-bond donors (Lipinski definition) is 2. The first-order valence-corrected chi connectivity index (χ1v) is 6.22. The zero-order chi connectivity index (χ0) is 13.5. The molecule has 0 bridgehead atoms. The predicted molar refractivity (Wildman–Crippen MR) is 70.1 cm³/mol. The van der Waals surface area contributed by atoms with E-state index >= 15 is 0 Å². The van der Waals surface area contributed by atoms with Gasteiger partial charge in [0.05, 0.1) is 7.11 Å². The van der Waals surface area contributed by atoms with Gasteiger partial charge in [0.2, 0.25) is 0 Å². The lowest BCUT2D eigenvalue weighted by molar-refractivity contribution is 0.186. The van der Waals surface area contributed by atoms with Crippen molar-refractivity contribution in [1.82, 2.24) is 5.32 Å². The molecule has 1 atom stereocenters. The summed E-state index contributed by atoms with van der Waals surface area (Å²) < 4.78 is 18.3. The van der Waals surface area contributed by atoms with Crippen molar-refractivity contribution in [2.75, 3.05) is 20.3 Å². The third-order valence-corrected chi connectivity index (χ3v) is 3.14. The van der Waals surface area contributed by atoms with Gasteiger partial charge < -0.3 is 15.2 Å². The molecule has 102 valence electrons. The molecule has 18 heavy (non-hydrogen) atoms. The van der Waals surface area contributed by atoms with Crippen molar-refractivity contribution in [3.05, 3.63) is 29.6 Å². The Hall–Kier alpha value is -1.13. The monoisotopic (exact) mass is 255 g/mol. The molecule has 2 N–H and O–H groups in total. The number of aliphatic hydroxyl groups is 1. The van der Waals surface area contributed by atoms with Gasteiger partial charge in [0.15, 0.2) is 0 Å². The number of nitrogens with one attached hydrogen (secondary N) is 1. The Morgan fingerprint density at radius 2 is 2.11 bits per heavy atom. The normalized spacial score (nSPS) is 12.8. The standard InChI is InChI=1S/C14H22FNO2/c1-10(2)12(9-17)8-16-7-11-6-13(15)4-5-14(11)18-3/h4-6,10,12,16-17H,7-9H2,1-3H3. The van der Waals surface area contributed by atoms with Crippen LogP contribution in [0.15, 0.2) is 18.2 Å². The van der Waals surface area contributed by atoms with E-state index in [2.05, 4.69) is 19.2 Å². The van der Waals surface area contributed by atoms with E-state index in [0.717, 1.165) is 5.56 Å². The Balaban J connectivity index is 2.55. The molecule has 0 heterocycles. The molecule has 0 aliphatic rings. The summed E-state index contributed by atoms with van der Waals surface area (Å²) >= 11 is 0. The second-order valence-corrected chi connectivity index (χ2v) is 4.77. The van der Waals surface area contributed by atoms with Gasteiger partial charge in [-0.15, -0.1) is 0 Å². The summed E-state index contributed by atoms with van der Waals surface area (Å²) in [4.78, 5) is 0. The molecular weight excluding hydrogens is 233 g/mol. The highest BCUT2D eigenvalue weighted by molar-refractivity contribution is 5.33. The van der Waals surface area contributed by atoms with Crippen molar-refractivity contribution in [3.63, 3.8) is 0 Å². The van der Waals surface area contributed by atoms with E-state index in [1.54, 1.807) is 13.2 Å². The van der Waals surface area contributed by atoms with Crippen LogP contribution in [0.4, 0.5) is 4.39 Å². The van der Waals surface area contributed by atoms with Gasteiger partial charge in [-0.1, -0.05) is 13.8 Å². The summed E-state index contributed by atoms with van der Waals surface area (Å²) in [6, 6.07) is 4.47. The van der Waals surface area contributed by atoms with Crippen LogP contribution < -0.4 is 10.1 Å². The molecule has 1 aromatic carbocycles. The Bertz CT molecular complexity index is 369. The molecule has 3 nitrogen and oxygen atoms in total. The Morgan fingerprint density at radius 1 is 1.39 bits per heavy atom. The number of hydrogen-bond acceptors (Lipinski definition) is 3. The van der Waals surface area contributed by atoms with Crippen LogP contribution in [0.25, 0.3) is 0 Å². The van der Waals surface area contributed by atoms with Crippen LogP contribution in [-0.2, 0) is 6.54 Å². The maximum Gasteiger partial charge on any atom is 0.123 e. The number of aliphatic hydroxyl groups excluding tert-OH is 1. The molecule has 4 heteroatoms. The minimum Gasteiger partial charge on any atom is -0.496 e. The molecule has 0 aliphatic carbocycles. The van der Waals surface area contributed by atoms with Gasteiger partial charge in [-0.25, -0.2) is 4.39 Å². The smallest absolute Gasteiger partial charge is 0.123 e. The summed E-state index contributed by atoms with van der Waals surface area (Å²) in [7, 11) is 1.57. The fraction of sp³-hybridized carbons (Fsp3) is 0.571. The van der Waals surface area contributed by atoms with Gasteiger partial charge in [0.25, 0.3) is 0 Å². The number of rotatable bonds is 7. The van der Waals surface area contributed by atoms with Crippen LogP contribution >= 0.6 is 0 Å². The maximum absolute atomic E-state index is 13.1. The number of benzene rings is 1. The second-order valence-electron chi connectivity index (χ2n) is 4.77. The quantitative estimate of drug-likeness (QED) is 0.784. The highest BCUT2D eigenvalue weighted by Gasteiger charge is 2.12. The van der Waals surface area contributed by atoms with E-state index in [4.69, 9.17) is 4.74 Å². The van der Waals surface area contributed by atoms with Gasteiger partial charge in [0.1, 0.15) is 11.6 Å². The number of ether oxygens (including phenoxy) is 1. The summed E-state index contributed by atoms with van der Waals surface area (Å²) in [6.45, 7) is 5.54. The maximum atomic E-state index is 13.1. The van der Waals surface area contributed by atoms with Gasteiger partial charge in [0, 0.05) is 25.3 Å². The van der Waals surface area contributed by atoms with E-state index < -0.39 is 0 Å². The molecule has 0 radical (unpaired) electrons. The van der Waals surface area contributed by atoms with E-state index in [-0.39, 0.29) is 18.3 Å². The molecule has 0 saturated carbocycles. The lowest BCUT2D eigenvalue weighted by atomic mass is 9.97. The number of halogens is 1. The Kier molecular flexibility index (Phi) is 6.09. The third kappa shape index (κ3) is 4.27. The van der Waals surface area contributed by atoms with Crippen molar-refractivity contribution in [3.8, 4) is 5.75 Å². The molecule has 0 aromatic heterocycles. The van der Waals surface area contributed by atoms with Crippen molar-refractivity contribution in [1.29, 1.82) is 0 Å². The average molecular weight is 255 g/mol. The molecule has 0 saturated heterocycles. The minimum absolute atomic E-state index is 0.158. The van der Waals surface area contributed by atoms with Crippen molar-refractivity contribution < 1.29 is 14.2 Å². The van der Waals surface area contributed by atoms with Crippen molar-refractivity contribution >= 4 is 0 Å². The van der Waals surface area contributed by atoms with E-state index in [1.807, 2.05) is 0 Å². The van der Waals surface area contributed by atoms with E-state index in [9.17, 15) is 9.50 Å². The fourth-order valence-electron chi connectivity index (χ4n) is 1.79. The molecule has 1 unspecified atom stereocenters. The summed E-state index contributed by atoms with van der Waals surface area (Å²) in [5, 5.41) is 12.4. The topological polar surface area (TPSA) is 41.5 Å². The SMILES string of the molecule is COc1ccc(F)cc1CNCC(CO)C(C)C. The van der Waals surface area contributed by atoms with Crippen molar-refractivity contribution in [2.24, 2.45) is 11.8 Å². The first kappa shape index (κ1) is 14.9. The van der Waals surface area contributed by atoms with E-state index in [1.165, 1.54) is 12.1 Å². The molecule has 0 aliphatic heterocycles. The predicted octanol–water partition coefficient (Wildman–Crippen LogP) is 2.19. The van der Waals surface area contributed by atoms with Crippen molar-refractivity contribution in [2.45, 2.75) is 20.4 Å². The van der Waals surface area contributed by atoms with Gasteiger partial charge in [-0.3, -0.25) is 0 Å². The third-order valence-electron chi connectivity index (χ3n) is 3.14. The molecule has 0 fully saturated rings. The largest absolute Gasteiger partial charge is 0.496 e. The van der Waals surface area contributed by atoms with Gasteiger partial charge >= 0.3 is 0 Å². The van der Waals surface area contributed by atoms with Crippen LogP contribution in [0.5, 0.6) is 5.75 Å². The molecule has 1 rings (SSSR count). The first-order chi connectivity index (χ1) is 8.58. The van der Waals surface area contributed by atoms with Crippen LogP contribution in [0.2, 0.25) is 0 Å². The minimum atomic E-state index is -0.268.